The monoisotopic (exact) mass is 424 g/mol. The van der Waals surface area contributed by atoms with Crippen LogP contribution in [0.1, 0.15) is 17.5 Å². The lowest BCUT2D eigenvalue weighted by Gasteiger charge is -2.18. The third kappa shape index (κ3) is 7.10. The summed E-state index contributed by atoms with van der Waals surface area (Å²) in [5.41, 5.74) is 2.56. The van der Waals surface area contributed by atoms with Gasteiger partial charge in [0.2, 0.25) is 5.91 Å². The number of nitrogens with zero attached hydrogens (tertiary/aromatic N) is 2. The predicted molar refractivity (Wildman–Crippen MR) is 126 cm³/mol. The molecule has 5 nitrogen and oxygen atoms in total. The molecule has 0 saturated carbocycles. The summed E-state index contributed by atoms with van der Waals surface area (Å²) in [5, 5.41) is 6.75. The van der Waals surface area contributed by atoms with Crippen molar-refractivity contribution in [2.75, 3.05) is 39.0 Å². The summed E-state index contributed by atoms with van der Waals surface area (Å²) in [5.74, 6) is 2.36. The number of aryl methyl sites for hydroxylation is 1. The van der Waals surface area contributed by atoms with Crippen molar-refractivity contribution < 1.29 is 4.79 Å². The molecule has 6 heteroatoms. The number of thioether (sulfide) groups is 1. The fourth-order valence-electron chi connectivity index (χ4n) is 3.55. The number of aliphatic imine (C=N–C) groups is 1. The third-order valence-corrected chi connectivity index (χ3v) is 6.29. The minimum atomic E-state index is 0.259. The quantitative estimate of drug-likeness (QED) is 0.281. The lowest BCUT2D eigenvalue weighted by Crippen LogP contribution is -2.41. The van der Waals surface area contributed by atoms with E-state index in [1.165, 1.54) is 16.0 Å². The Morgan fingerprint density at radius 2 is 1.90 bits per heavy atom. The van der Waals surface area contributed by atoms with E-state index >= 15 is 0 Å². The number of benzene rings is 2. The normalized spacial score (nSPS) is 16.7. The molecule has 2 N–H and O–H groups in total. The van der Waals surface area contributed by atoms with Crippen LogP contribution in [0.5, 0.6) is 0 Å². The summed E-state index contributed by atoms with van der Waals surface area (Å²) in [4.78, 5) is 19.9. The number of hydrogen-bond donors (Lipinski definition) is 2. The van der Waals surface area contributed by atoms with Gasteiger partial charge in [-0.05, 0) is 31.0 Å². The standard InChI is InChI=1S/C24H32N4OS/c1-19-8-10-22(11-9-19)30-15-13-26-24(25-2)27-17-21-16-23(29)28(18-21)14-12-20-6-4-3-5-7-20/h3-11,21H,12-18H2,1-2H3,(H2,25,26,27). The largest absolute Gasteiger partial charge is 0.356 e. The Morgan fingerprint density at radius 1 is 1.13 bits per heavy atom. The van der Waals surface area contributed by atoms with Gasteiger partial charge in [0.1, 0.15) is 0 Å². The smallest absolute Gasteiger partial charge is 0.223 e. The van der Waals surface area contributed by atoms with Crippen molar-refractivity contribution in [1.29, 1.82) is 0 Å². The van der Waals surface area contributed by atoms with Gasteiger partial charge in [-0.15, -0.1) is 11.8 Å². The fraction of sp³-hybridized carbons (Fsp3) is 0.417. The molecule has 1 fully saturated rings. The molecule has 3 rings (SSSR count). The van der Waals surface area contributed by atoms with E-state index in [0.717, 1.165) is 44.3 Å². The van der Waals surface area contributed by atoms with E-state index < -0.39 is 0 Å². The van der Waals surface area contributed by atoms with Crippen LogP contribution in [0.15, 0.2) is 64.5 Å². The first kappa shape index (κ1) is 22.2. The molecule has 0 spiro atoms. The zero-order valence-electron chi connectivity index (χ0n) is 17.9. The van der Waals surface area contributed by atoms with E-state index in [1.807, 2.05) is 34.9 Å². The average Bonchev–Trinajstić information content (AvgIpc) is 3.13. The van der Waals surface area contributed by atoms with Crippen molar-refractivity contribution >= 4 is 23.6 Å². The van der Waals surface area contributed by atoms with E-state index in [-0.39, 0.29) is 5.91 Å². The molecule has 0 bridgehead atoms. The lowest BCUT2D eigenvalue weighted by atomic mass is 10.1. The van der Waals surface area contributed by atoms with Crippen molar-refractivity contribution in [2.45, 2.75) is 24.7 Å². The number of likely N-dealkylation sites (tertiary alicyclic amines) is 1. The molecule has 0 aliphatic carbocycles. The van der Waals surface area contributed by atoms with Crippen molar-refractivity contribution in [3.05, 3.63) is 65.7 Å². The predicted octanol–water partition coefficient (Wildman–Crippen LogP) is 3.34. The second-order valence-corrected chi connectivity index (χ2v) is 8.86. The number of hydrogen-bond acceptors (Lipinski definition) is 3. The zero-order valence-corrected chi connectivity index (χ0v) is 18.8. The Bertz CT molecular complexity index is 823. The van der Waals surface area contributed by atoms with E-state index in [2.05, 4.69) is 58.9 Å². The Morgan fingerprint density at radius 3 is 2.63 bits per heavy atom. The minimum Gasteiger partial charge on any atom is -0.356 e. The van der Waals surface area contributed by atoms with Crippen molar-refractivity contribution in [3.63, 3.8) is 0 Å². The number of rotatable bonds is 9. The Kier molecular flexibility index (Phi) is 8.63. The highest BCUT2D eigenvalue weighted by Gasteiger charge is 2.29. The highest BCUT2D eigenvalue weighted by molar-refractivity contribution is 7.99. The van der Waals surface area contributed by atoms with Gasteiger partial charge in [-0.25, -0.2) is 0 Å². The second kappa shape index (κ2) is 11.6. The summed E-state index contributed by atoms with van der Waals surface area (Å²) in [6.07, 6.45) is 1.52. The first-order chi connectivity index (χ1) is 14.6. The molecule has 0 aromatic heterocycles. The second-order valence-electron chi connectivity index (χ2n) is 7.69. The van der Waals surface area contributed by atoms with Gasteiger partial charge in [-0.2, -0.15) is 0 Å². The number of carbonyl (C=O) groups excluding carboxylic acids is 1. The first-order valence-corrected chi connectivity index (χ1v) is 11.6. The van der Waals surface area contributed by atoms with E-state index in [0.29, 0.717) is 12.3 Å². The van der Waals surface area contributed by atoms with Gasteiger partial charge in [0, 0.05) is 56.2 Å². The van der Waals surface area contributed by atoms with Crippen LogP contribution in [0.2, 0.25) is 0 Å². The Labute approximate surface area is 184 Å². The number of carbonyl (C=O) groups is 1. The van der Waals surface area contributed by atoms with Crippen LogP contribution in [0, 0.1) is 12.8 Å². The third-order valence-electron chi connectivity index (χ3n) is 5.27. The van der Waals surface area contributed by atoms with Crippen molar-refractivity contribution in [1.82, 2.24) is 15.5 Å². The van der Waals surface area contributed by atoms with Gasteiger partial charge in [0.05, 0.1) is 0 Å². The molecular formula is C24H32N4OS. The van der Waals surface area contributed by atoms with Gasteiger partial charge >= 0.3 is 0 Å². The average molecular weight is 425 g/mol. The number of amides is 1. The molecule has 2 aromatic carbocycles. The van der Waals surface area contributed by atoms with Gasteiger partial charge < -0.3 is 15.5 Å². The molecule has 1 heterocycles. The fourth-order valence-corrected chi connectivity index (χ4v) is 4.32. The molecule has 1 aliphatic heterocycles. The van der Waals surface area contributed by atoms with E-state index in [4.69, 9.17) is 0 Å². The summed E-state index contributed by atoms with van der Waals surface area (Å²) >= 11 is 1.83. The van der Waals surface area contributed by atoms with Gasteiger partial charge in [0.15, 0.2) is 5.96 Å². The van der Waals surface area contributed by atoms with Crippen molar-refractivity contribution in [3.8, 4) is 0 Å². The molecular weight excluding hydrogens is 392 g/mol. The van der Waals surface area contributed by atoms with Crippen LogP contribution in [-0.2, 0) is 11.2 Å². The maximum absolute atomic E-state index is 12.3. The minimum absolute atomic E-state index is 0.259. The molecule has 1 unspecified atom stereocenters. The SMILES string of the molecule is CN=C(NCCSc1ccc(C)cc1)NCC1CC(=O)N(CCc2ccccc2)C1. The lowest BCUT2D eigenvalue weighted by molar-refractivity contribution is -0.127. The topological polar surface area (TPSA) is 56.7 Å². The number of guanidine groups is 1. The molecule has 160 valence electrons. The Balaban J connectivity index is 1.33. The van der Waals surface area contributed by atoms with E-state index in [9.17, 15) is 4.79 Å². The molecule has 1 amide bonds. The first-order valence-electron chi connectivity index (χ1n) is 10.6. The molecule has 1 atom stereocenters. The highest BCUT2D eigenvalue weighted by Crippen LogP contribution is 2.18. The Hall–Kier alpha value is -2.47. The van der Waals surface area contributed by atoms with Gasteiger partial charge in [-0.3, -0.25) is 9.79 Å². The van der Waals surface area contributed by atoms with Crippen LogP contribution < -0.4 is 10.6 Å². The molecule has 30 heavy (non-hydrogen) atoms. The van der Waals surface area contributed by atoms with Crippen LogP contribution in [0.4, 0.5) is 0 Å². The van der Waals surface area contributed by atoms with Gasteiger partial charge in [-0.1, -0.05) is 48.0 Å². The molecule has 1 aliphatic rings. The van der Waals surface area contributed by atoms with Crippen LogP contribution >= 0.6 is 11.8 Å². The summed E-state index contributed by atoms with van der Waals surface area (Å²) in [6.45, 7) is 5.32. The van der Waals surface area contributed by atoms with E-state index in [1.54, 1.807) is 7.05 Å². The van der Waals surface area contributed by atoms with Crippen LogP contribution in [0.25, 0.3) is 0 Å². The highest BCUT2D eigenvalue weighted by atomic mass is 32.2. The maximum Gasteiger partial charge on any atom is 0.223 e. The maximum atomic E-state index is 12.3. The zero-order chi connectivity index (χ0) is 21.2. The molecule has 0 radical (unpaired) electrons. The summed E-state index contributed by atoms with van der Waals surface area (Å²) in [7, 11) is 1.79. The molecule has 1 saturated heterocycles. The van der Waals surface area contributed by atoms with Crippen LogP contribution in [0.3, 0.4) is 0 Å². The van der Waals surface area contributed by atoms with Crippen LogP contribution in [-0.4, -0.2) is 55.7 Å². The summed E-state index contributed by atoms with van der Waals surface area (Å²) < 4.78 is 0. The van der Waals surface area contributed by atoms with Crippen molar-refractivity contribution in [2.24, 2.45) is 10.9 Å². The molecule has 2 aromatic rings. The number of nitrogens with one attached hydrogen (secondary N) is 2. The van der Waals surface area contributed by atoms with Gasteiger partial charge in [0.25, 0.3) is 0 Å². The summed E-state index contributed by atoms with van der Waals surface area (Å²) in [6, 6.07) is 19.0.